The molecule has 3 aromatic heterocycles. The van der Waals surface area contributed by atoms with Crippen molar-refractivity contribution in [1.82, 2.24) is 19.5 Å². The van der Waals surface area contributed by atoms with Crippen molar-refractivity contribution < 1.29 is 14.3 Å². The Morgan fingerprint density at radius 1 is 1.36 bits per heavy atom. The molecule has 2 atom stereocenters. The molecule has 4 heterocycles. The highest BCUT2D eigenvalue weighted by atomic mass is 16.5. The summed E-state index contributed by atoms with van der Waals surface area (Å²) in [6.45, 7) is 4.09. The van der Waals surface area contributed by atoms with E-state index in [0.717, 1.165) is 18.0 Å². The number of aryl methyl sites for hydroxylation is 1. The monoisotopic (exact) mass is 381 g/mol. The van der Waals surface area contributed by atoms with E-state index >= 15 is 0 Å². The summed E-state index contributed by atoms with van der Waals surface area (Å²) in [5, 5.41) is 3.54. The van der Waals surface area contributed by atoms with Crippen LogP contribution in [0.2, 0.25) is 0 Å². The first-order valence-corrected chi connectivity index (χ1v) is 9.37. The van der Waals surface area contributed by atoms with Gasteiger partial charge in [0, 0.05) is 31.1 Å². The van der Waals surface area contributed by atoms with Crippen molar-refractivity contribution in [3.8, 4) is 0 Å². The Morgan fingerprint density at radius 3 is 2.93 bits per heavy atom. The van der Waals surface area contributed by atoms with Gasteiger partial charge in [-0.15, -0.1) is 0 Å². The number of pyridine rings is 2. The largest absolute Gasteiger partial charge is 0.465 e. The second-order valence-corrected chi connectivity index (χ2v) is 6.85. The van der Waals surface area contributed by atoms with E-state index in [1.54, 1.807) is 6.07 Å². The van der Waals surface area contributed by atoms with Gasteiger partial charge in [-0.25, -0.2) is 14.8 Å². The van der Waals surface area contributed by atoms with Crippen molar-refractivity contribution in [1.29, 1.82) is 0 Å². The van der Waals surface area contributed by atoms with Crippen LogP contribution in [0, 0.1) is 5.92 Å². The summed E-state index contributed by atoms with van der Waals surface area (Å²) in [7, 11) is 1.35. The van der Waals surface area contributed by atoms with E-state index in [0.29, 0.717) is 36.8 Å². The van der Waals surface area contributed by atoms with E-state index in [9.17, 15) is 4.79 Å². The highest BCUT2D eigenvalue weighted by molar-refractivity contribution is 5.92. The number of carbonyl (C=O) groups is 1. The van der Waals surface area contributed by atoms with Crippen LogP contribution in [0.3, 0.4) is 0 Å². The topological polar surface area (TPSA) is 91.2 Å². The minimum Gasteiger partial charge on any atom is -0.465 e. The summed E-state index contributed by atoms with van der Waals surface area (Å²) >= 11 is 0. The standard InChI is InChI=1S/C20H23N5O3/c1-3-25-18-16(9-14(10-22-18)19(26)27-2)23-20(25)24-17-12-28-11-15(17)8-13-4-6-21-7-5-13/h4-7,9-10,15,17H,3,8,11-12H2,1-2H3,(H,23,24)/t15-,17-/m1/s1. The maximum atomic E-state index is 11.8. The van der Waals surface area contributed by atoms with Crippen LogP contribution in [0.5, 0.6) is 0 Å². The molecule has 1 aliphatic heterocycles. The molecular formula is C20H23N5O3. The molecular weight excluding hydrogens is 358 g/mol. The van der Waals surface area contributed by atoms with Crippen LogP contribution in [0.4, 0.5) is 5.95 Å². The van der Waals surface area contributed by atoms with E-state index in [-0.39, 0.29) is 6.04 Å². The van der Waals surface area contributed by atoms with Gasteiger partial charge in [-0.2, -0.15) is 0 Å². The highest BCUT2D eigenvalue weighted by Crippen LogP contribution is 2.25. The van der Waals surface area contributed by atoms with Gasteiger partial charge in [0.15, 0.2) is 5.65 Å². The summed E-state index contributed by atoms with van der Waals surface area (Å²) in [4.78, 5) is 25.0. The highest BCUT2D eigenvalue weighted by Gasteiger charge is 2.30. The molecule has 0 aliphatic carbocycles. The van der Waals surface area contributed by atoms with Crippen molar-refractivity contribution in [2.75, 3.05) is 25.6 Å². The zero-order valence-corrected chi connectivity index (χ0v) is 16.0. The second kappa shape index (κ2) is 7.93. The lowest BCUT2D eigenvalue weighted by Gasteiger charge is -2.20. The van der Waals surface area contributed by atoms with Crippen LogP contribution in [-0.2, 0) is 22.4 Å². The zero-order valence-electron chi connectivity index (χ0n) is 16.0. The van der Waals surface area contributed by atoms with Gasteiger partial charge < -0.3 is 14.8 Å². The van der Waals surface area contributed by atoms with Gasteiger partial charge in [0.05, 0.1) is 31.9 Å². The number of anilines is 1. The quantitative estimate of drug-likeness (QED) is 0.655. The summed E-state index contributed by atoms with van der Waals surface area (Å²) in [5.41, 5.74) is 3.03. The van der Waals surface area contributed by atoms with Crippen LogP contribution < -0.4 is 5.32 Å². The van der Waals surface area contributed by atoms with Gasteiger partial charge in [-0.05, 0) is 37.1 Å². The molecule has 1 fully saturated rings. The van der Waals surface area contributed by atoms with Crippen LogP contribution in [0.15, 0.2) is 36.8 Å². The van der Waals surface area contributed by atoms with Gasteiger partial charge >= 0.3 is 5.97 Å². The fraction of sp³-hybridized carbons (Fsp3) is 0.400. The van der Waals surface area contributed by atoms with Gasteiger partial charge in [0.2, 0.25) is 5.95 Å². The molecule has 146 valence electrons. The number of aromatic nitrogens is 4. The average molecular weight is 381 g/mol. The Balaban J connectivity index is 1.58. The number of nitrogens with one attached hydrogen (secondary N) is 1. The second-order valence-electron chi connectivity index (χ2n) is 6.85. The first-order chi connectivity index (χ1) is 13.7. The molecule has 0 aromatic carbocycles. The summed E-state index contributed by atoms with van der Waals surface area (Å²) in [5.74, 6) is 0.657. The molecule has 8 heteroatoms. The van der Waals surface area contributed by atoms with Gasteiger partial charge in [0.25, 0.3) is 0 Å². The number of ether oxygens (including phenoxy) is 2. The molecule has 0 amide bonds. The Bertz CT molecular complexity index is 973. The van der Waals surface area contributed by atoms with Crippen LogP contribution in [0.1, 0.15) is 22.8 Å². The third-order valence-corrected chi connectivity index (χ3v) is 5.08. The molecule has 0 saturated carbocycles. The van der Waals surface area contributed by atoms with Crippen molar-refractivity contribution in [3.63, 3.8) is 0 Å². The molecule has 1 saturated heterocycles. The number of fused-ring (bicyclic) bond motifs is 1. The average Bonchev–Trinajstić information content (AvgIpc) is 3.31. The first kappa shape index (κ1) is 18.4. The van der Waals surface area contributed by atoms with E-state index in [1.807, 2.05) is 36.0 Å². The number of nitrogens with zero attached hydrogens (tertiary/aromatic N) is 4. The van der Waals surface area contributed by atoms with E-state index in [1.165, 1.54) is 18.9 Å². The first-order valence-electron chi connectivity index (χ1n) is 9.37. The maximum absolute atomic E-state index is 11.8. The van der Waals surface area contributed by atoms with Crippen molar-refractivity contribution in [2.24, 2.45) is 5.92 Å². The van der Waals surface area contributed by atoms with Gasteiger partial charge in [-0.1, -0.05) is 0 Å². The smallest absolute Gasteiger partial charge is 0.339 e. The minimum absolute atomic E-state index is 0.148. The number of methoxy groups -OCH3 is 1. The lowest BCUT2D eigenvalue weighted by molar-refractivity contribution is 0.0600. The van der Waals surface area contributed by atoms with E-state index < -0.39 is 5.97 Å². The Kier molecular flexibility index (Phi) is 5.21. The van der Waals surface area contributed by atoms with Crippen LogP contribution >= 0.6 is 0 Å². The van der Waals surface area contributed by atoms with E-state index in [2.05, 4.69) is 20.3 Å². The number of carbonyl (C=O) groups excluding carboxylic acids is 1. The molecule has 8 nitrogen and oxygen atoms in total. The number of hydrogen-bond donors (Lipinski definition) is 1. The minimum atomic E-state index is -0.420. The molecule has 4 rings (SSSR count). The molecule has 0 unspecified atom stereocenters. The maximum Gasteiger partial charge on any atom is 0.339 e. The summed E-state index contributed by atoms with van der Waals surface area (Å²) in [6, 6.07) is 5.94. The molecule has 1 N–H and O–H groups in total. The van der Waals surface area contributed by atoms with Crippen LogP contribution in [-0.4, -0.2) is 51.9 Å². The third kappa shape index (κ3) is 3.55. The Labute approximate surface area is 162 Å². The SMILES string of the molecule is CCn1c(N[C@@H]2COC[C@H]2Cc2ccncc2)nc2cc(C(=O)OC)cnc21. The van der Waals surface area contributed by atoms with Crippen molar-refractivity contribution >= 4 is 23.1 Å². The number of hydrogen-bond acceptors (Lipinski definition) is 7. The molecule has 3 aromatic rings. The summed E-state index contributed by atoms with van der Waals surface area (Å²) < 4.78 is 12.5. The van der Waals surface area contributed by atoms with E-state index in [4.69, 9.17) is 9.47 Å². The third-order valence-electron chi connectivity index (χ3n) is 5.08. The molecule has 0 radical (unpaired) electrons. The van der Waals surface area contributed by atoms with Crippen LogP contribution in [0.25, 0.3) is 11.2 Å². The van der Waals surface area contributed by atoms with Gasteiger partial charge in [-0.3, -0.25) is 9.55 Å². The lowest BCUT2D eigenvalue weighted by Crippen LogP contribution is -2.30. The number of esters is 1. The van der Waals surface area contributed by atoms with Crippen molar-refractivity contribution in [3.05, 3.63) is 47.9 Å². The Morgan fingerprint density at radius 2 is 2.18 bits per heavy atom. The van der Waals surface area contributed by atoms with Crippen molar-refractivity contribution in [2.45, 2.75) is 25.9 Å². The molecule has 28 heavy (non-hydrogen) atoms. The predicted molar refractivity (Wildman–Crippen MR) is 104 cm³/mol. The fourth-order valence-electron chi connectivity index (χ4n) is 3.60. The predicted octanol–water partition coefficient (Wildman–Crippen LogP) is 2.30. The zero-order chi connectivity index (χ0) is 19.5. The lowest BCUT2D eigenvalue weighted by atomic mass is 9.95. The Hall–Kier alpha value is -3.00. The molecule has 1 aliphatic rings. The number of imidazole rings is 1. The van der Waals surface area contributed by atoms with Gasteiger partial charge in [0.1, 0.15) is 5.52 Å². The molecule has 0 spiro atoms. The fourth-order valence-corrected chi connectivity index (χ4v) is 3.60. The summed E-state index contributed by atoms with van der Waals surface area (Å²) in [6.07, 6.45) is 6.07. The normalized spacial score (nSPS) is 19.1. The molecule has 0 bridgehead atoms. The number of rotatable bonds is 6.